The van der Waals surface area contributed by atoms with E-state index in [2.05, 4.69) is 15.4 Å². The topological polar surface area (TPSA) is 131 Å². The molecule has 1 saturated carbocycles. The van der Waals surface area contributed by atoms with Crippen LogP contribution >= 0.6 is 0 Å². The molecule has 0 unspecified atom stereocenters. The molecule has 3 aliphatic rings. The van der Waals surface area contributed by atoms with Crippen molar-refractivity contribution in [2.75, 3.05) is 6.54 Å². The second-order valence-corrected chi connectivity index (χ2v) is 13.0. The smallest absolute Gasteiger partial charge is 0.245 e. The molecule has 3 atom stereocenters. The number of hydrogen-bond acceptors (Lipinski definition) is 7. The normalized spacial score (nSPS) is 24.2. The molecule has 10 heteroatoms. The van der Waals surface area contributed by atoms with E-state index < -0.39 is 6.04 Å². The SMILES string of the molecule is CC(=O)c1nn2c3c(cc(C)cc13)CC(=O)NCCCC(=O)CC[C@@]13C[C@@H](C(=O)Cc4nc(C)ccc4C)N(C(=O)C2)[C@@H]1C3. The van der Waals surface area contributed by atoms with Crippen molar-refractivity contribution in [1.82, 2.24) is 25.0 Å². The molecule has 44 heavy (non-hydrogen) atoms. The van der Waals surface area contributed by atoms with Gasteiger partial charge in [0.05, 0.1) is 30.1 Å². The highest BCUT2D eigenvalue weighted by molar-refractivity contribution is 6.06. The van der Waals surface area contributed by atoms with Gasteiger partial charge in [-0.2, -0.15) is 5.10 Å². The van der Waals surface area contributed by atoms with Crippen LogP contribution in [0.4, 0.5) is 0 Å². The van der Waals surface area contributed by atoms with Gasteiger partial charge in [-0.1, -0.05) is 17.7 Å². The van der Waals surface area contributed by atoms with Gasteiger partial charge in [-0.25, -0.2) is 0 Å². The largest absolute Gasteiger partial charge is 0.356 e. The predicted molar refractivity (Wildman–Crippen MR) is 163 cm³/mol. The summed E-state index contributed by atoms with van der Waals surface area (Å²) in [6.07, 6.45) is 3.39. The molecule has 1 aromatic carbocycles. The second-order valence-electron chi connectivity index (χ2n) is 13.0. The van der Waals surface area contributed by atoms with Gasteiger partial charge < -0.3 is 10.2 Å². The van der Waals surface area contributed by atoms with Crippen molar-refractivity contribution >= 4 is 40.1 Å². The van der Waals surface area contributed by atoms with Crippen molar-refractivity contribution in [3.63, 3.8) is 0 Å². The molecule has 1 saturated heterocycles. The number of amides is 2. The monoisotopic (exact) mass is 597 g/mol. The molecule has 0 radical (unpaired) electrons. The Kier molecular flexibility index (Phi) is 7.71. The summed E-state index contributed by atoms with van der Waals surface area (Å²) in [5.41, 5.74) is 4.58. The maximum atomic E-state index is 14.2. The molecular weight excluding hydrogens is 558 g/mol. The summed E-state index contributed by atoms with van der Waals surface area (Å²) in [5.74, 6) is -0.619. The Morgan fingerprint density at radius 2 is 1.86 bits per heavy atom. The molecule has 1 aliphatic carbocycles. The average Bonchev–Trinajstić information content (AvgIpc) is 3.37. The van der Waals surface area contributed by atoms with Crippen molar-refractivity contribution in [3.05, 3.63) is 58.0 Å². The molecule has 0 spiro atoms. The van der Waals surface area contributed by atoms with Crippen molar-refractivity contribution in [3.8, 4) is 0 Å². The number of nitrogens with one attached hydrogen (secondary N) is 1. The van der Waals surface area contributed by atoms with Crippen LogP contribution in [0.25, 0.3) is 10.9 Å². The third-order valence-corrected chi connectivity index (χ3v) is 9.65. The lowest BCUT2D eigenvalue weighted by Gasteiger charge is -2.27. The fourth-order valence-corrected chi connectivity index (χ4v) is 7.31. The van der Waals surface area contributed by atoms with E-state index in [1.54, 1.807) is 4.90 Å². The van der Waals surface area contributed by atoms with E-state index in [9.17, 15) is 24.0 Å². The Bertz CT molecular complexity index is 1720. The van der Waals surface area contributed by atoms with Crippen LogP contribution in [0.2, 0.25) is 0 Å². The van der Waals surface area contributed by atoms with E-state index in [1.807, 2.05) is 45.0 Å². The molecular formula is C34H39N5O5. The number of hydrogen-bond donors (Lipinski definition) is 1. The number of nitrogens with zero attached hydrogens (tertiary/aromatic N) is 4. The lowest BCUT2D eigenvalue weighted by molar-refractivity contribution is -0.139. The average molecular weight is 598 g/mol. The minimum absolute atomic E-state index is 0.0444. The maximum Gasteiger partial charge on any atom is 0.245 e. The van der Waals surface area contributed by atoms with Gasteiger partial charge in [-0.15, -0.1) is 0 Å². The van der Waals surface area contributed by atoms with Crippen LogP contribution < -0.4 is 5.32 Å². The molecule has 2 bridgehead atoms. The van der Waals surface area contributed by atoms with Crippen LogP contribution in [0.5, 0.6) is 0 Å². The molecule has 10 nitrogen and oxygen atoms in total. The van der Waals surface area contributed by atoms with Crippen molar-refractivity contribution in [2.45, 2.75) is 97.7 Å². The highest BCUT2D eigenvalue weighted by atomic mass is 16.2. The number of ketones is 3. The Morgan fingerprint density at radius 3 is 2.64 bits per heavy atom. The molecule has 1 N–H and O–H groups in total. The minimum Gasteiger partial charge on any atom is -0.356 e. The lowest BCUT2D eigenvalue weighted by Crippen LogP contribution is -2.45. The minimum atomic E-state index is -0.626. The van der Waals surface area contributed by atoms with Gasteiger partial charge in [-0.3, -0.25) is 33.6 Å². The number of aromatic nitrogens is 3. The third-order valence-electron chi connectivity index (χ3n) is 9.65. The van der Waals surface area contributed by atoms with E-state index in [1.165, 1.54) is 11.6 Å². The first-order valence-corrected chi connectivity index (χ1v) is 15.5. The van der Waals surface area contributed by atoms with Gasteiger partial charge in [0.1, 0.15) is 18.0 Å². The zero-order chi connectivity index (χ0) is 31.3. The number of Topliss-reactive ketones (excluding diaryl/α,β-unsaturated/α-hetero) is 3. The van der Waals surface area contributed by atoms with Gasteiger partial charge in [0.2, 0.25) is 11.8 Å². The van der Waals surface area contributed by atoms with Gasteiger partial charge in [0.25, 0.3) is 0 Å². The lowest BCUT2D eigenvalue weighted by atomic mass is 9.90. The molecule has 4 heterocycles. The fourth-order valence-electron chi connectivity index (χ4n) is 7.31. The number of rotatable bonds is 4. The van der Waals surface area contributed by atoms with Gasteiger partial charge in [-0.05, 0) is 75.1 Å². The molecule has 2 aromatic heterocycles. The summed E-state index contributed by atoms with van der Waals surface area (Å²) in [4.78, 5) is 72.8. The number of carbonyl (C=O) groups is 5. The summed E-state index contributed by atoms with van der Waals surface area (Å²) in [7, 11) is 0. The second kappa shape index (κ2) is 11.4. The zero-order valence-electron chi connectivity index (χ0n) is 25.9. The molecule has 2 aliphatic heterocycles. The molecule has 230 valence electrons. The number of benzene rings is 1. The highest BCUT2D eigenvalue weighted by Gasteiger charge is 2.66. The van der Waals surface area contributed by atoms with Crippen LogP contribution in [0.1, 0.15) is 84.0 Å². The van der Waals surface area contributed by atoms with E-state index in [0.29, 0.717) is 60.8 Å². The van der Waals surface area contributed by atoms with Crippen LogP contribution in [0, 0.1) is 26.2 Å². The quantitative estimate of drug-likeness (QED) is 0.455. The predicted octanol–water partition coefficient (Wildman–Crippen LogP) is 3.53. The number of carbonyl (C=O) groups excluding carboxylic acids is 5. The number of aryl methyl sites for hydroxylation is 3. The van der Waals surface area contributed by atoms with Crippen LogP contribution in [-0.4, -0.2) is 67.5 Å². The molecule has 3 aromatic rings. The summed E-state index contributed by atoms with van der Waals surface area (Å²) in [6, 6.07) is 6.87. The Morgan fingerprint density at radius 1 is 1.07 bits per heavy atom. The summed E-state index contributed by atoms with van der Waals surface area (Å²) < 4.78 is 1.54. The zero-order valence-corrected chi connectivity index (χ0v) is 25.9. The van der Waals surface area contributed by atoms with Crippen LogP contribution in [-0.2, 0) is 38.6 Å². The molecule has 2 amide bonds. The molecule has 2 fully saturated rings. The van der Waals surface area contributed by atoms with Gasteiger partial charge >= 0.3 is 0 Å². The van der Waals surface area contributed by atoms with Gasteiger partial charge in [0.15, 0.2) is 11.6 Å². The Labute approximate surface area is 256 Å². The Balaban J connectivity index is 1.39. The van der Waals surface area contributed by atoms with Crippen LogP contribution in [0.15, 0.2) is 24.3 Å². The summed E-state index contributed by atoms with van der Waals surface area (Å²) >= 11 is 0. The summed E-state index contributed by atoms with van der Waals surface area (Å²) in [5, 5.41) is 8.11. The van der Waals surface area contributed by atoms with E-state index in [4.69, 9.17) is 0 Å². The Hall–Kier alpha value is -4.21. The van der Waals surface area contributed by atoms with Crippen molar-refractivity contribution in [2.24, 2.45) is 5.41 Å². The van der Waals surface area contributed by atoms with Crippen LogP contribution in [0.3, 0.4) is 0 Å². The van der Waals surface area contributed by atoms with E-state index in [-0.39, 0.29) is 65.7 Å². The standard InChI is InChI=1S/C34H39N5O5/c1-19-12-23-14-30(43)35-11-5-6-24(41)9-10-34-16-27(28(42)15-26-20(2)7-8-21(3)36-26)39(29(34)17-34)31(44)18-38-33(23)25(13-19)32(37-38)22(4)40/h7-8,12-13,27,29H,5-6,9-11,14-18H2,1-4H3,(H,35,43)/t27-,29+,34-/m0/s1. The number of piperidine rings is 1. The van der Waals surface area contributed by atoms with E-state index >= 15 is 0 Å². The third kappa shape index (κ3) is 5.57. The van der Waals surface area contributed by atoms with Crippen molar-refractivity contribution in [1.29, 1.82) is 0 Å². The first-order chi connectivity index (χ1) is 21.0. The number of pyridine rings is 1. The molecule has 6 rings (SSSR count). The highest BCUT2D eigenvalue weighted by Crippen LogP contribution is 2.62. The summed E-state index contributed by atoms with van der Waals surface area (Å²) in [6.45, 7) is 7.38. The van der Waals surface area contributed by atoms with Crippen molar-refractivity contribution < 1.29 is 24.0 Å². The first kappa shape index (κ1) is 29.8. The maximum absolute atomic E-state index is 14.2. The van der Waals surface area contributed by atoms with Gasteiger partial charge in [0, 0.05) is 43.4 Å². The van der Waals surface area contributed by atoms with E-state index in [0.717, 1.165) is 23.2 Å². The first-order valence-electron chi connectivity index (χ1n) is 15.5. The fraction of sp³-hybridized carbons (Fsp3) is 0.500.